The molecule has 0 aromatic heterocycles. The lowest BCUT2D eigenvalue weighted by Gasteiger charge is -2.22. The molecule has 0 aliphatic rings. The molecular weight excluding hydrogens is 305 g/mol. The Hall–Kier alpha value is -0.290. The van der Waals surface area contributed by atoms with Crippen LogP contribution in [0.1, 0.15) is 26.3 Å². The Balaban J connectivity index is 3.15. The Bertz CT molecular complexity index is 529. The van der Waals surface area contributed by atoms with Crippen LogP contribution in [0.25, 0.3) is 0 Å². The molecule has 1 aromatic carbocycles. The van der Waals surface area contributed by atoms with E-state index in [0.29, 0.717) is 18.1 Å². The van der Waals surface area contributed by atoms with E-state index in [2.05, 4.69) is 0 Å². The van der Waals surface area contributed by atoms with Gasteiger partial charge in [-0.05, 0) is 23.6 Å². The van der Waals surface area contributed by atoms with E-state index < -0.39 is 10.0 Å². The smallest absolute Gasteiger partial charge is 0.207 e. The fourth-order valence-electron chi connectivity index (χ4n) is 1.75. The van der Waals surface area contributed by atoms with E-state index in [0.717, 1.165) is 5.56 Å². The standard InChI is InChI=1S/C13H19Cl2NO2S/c1-4-16(9-10(2)3)19(17,18)12-6-5-11(8-14)13(15)7-12/h5-7,10H,4,8-9H2,1-3H3. The normalized spacial score (nSPS) is 12.4. The number of halogens is 2. The van der Waals surface area contributed by atoms with Gasteiger partial charge >= 0.3 is 0 Å². The second kappa shape index (κ2) is 6.93. The third-order valence-corrected chi connectivity index (χ3v) is 5.30. The van der Waals surface area contributed by atoms with Gasteiger partial charge in [-0.1, -0.05) is 38.4 Å². The minimum absolute atomic E-state index is 0.217. The number of hydrogen-bond donors (Lipinski definition) is 0. The molecule has 0 heterocycles. The SMILES string of the molecule is CCN(CC(C)C)S(=O)(=O)c1ccc(CCl)c(Cl)c1. The maximum atomic E-state index is 12.5. The van der Waals surface area contributed by atoms with Gasteiger partial charge in [-0.2, -0.15) is 4.31 Å². The second-order valence-electron chi connectivity index (χ2n) is 4.74. The van der Waals surface area contributed by atoms with Gasteiger partial charge in [0.25, 0.3) is 0 Å². The van der Waals surface area contributed by atoms with Crippen molar-refractivity contribution >= 4 is 33.2 Å². The lowest BCUT2D eigenvalue weighted by molar-refractivity contribution is 0.381. The molecule has 0 atom stereocenters. The average Bonchev–Trinajstić information content (AvgIpc) is 2.35. The summed E-state index contributed by atoms with van der Waals surface area (Å²) in [5, 5.41) is 0.386. The highest BCUT2D eigenvalue weighted by Crippen LogP contribution is 2.24. The Morgan fingerprint density at radius 2 is 1.95 bits per heavy atom. The Morgan fingerprint density at radius 1 is 1.32 bits per heavy atom. The van der Waals surface area contributed by atoms with E-state index in [9.17, 15) is 8.42 Å². The maximum Gasteiger partial charge on any atom is 0.243 e. The van der Waals surface area contributed by atoms with Crippen molar-refractivity contribution in [2.75, 3.05) is 13.1 Å². The van der Waals surface area contributed by atoms with Crippen LogP contribution < -0.4 is 0 Å². The fraction of sp³-hybridized carbons (Fsp3) is 0.538. The minimum atomic E-state index is -3.49. The van der Waals surface area contributed by atoms with Crippen molar-refractivity contribution in [1.29, 1.82) is 0 Å². The molecule has 0 saturated carbocycles. The predicted octanol–water partition coefficient (Wildman–Crippen LogP) is 3.75. The van der Waals surface area contributed by atoms with Gasteiger partial charge in [-0.3, -0.25) is 0 Å². The summed E-state index contributed by atoms with van der Waals surface area (Å²) >= 11 is 11.7. The Morgan fingerprint density at radius 3 is 2.37 bits per heavy atom. The van der Waals surface area contributed by atoms with E-state index in [-0.39, 0.29) is 16.7 Å². The van der Waals surface area contributed by atoms with E-state index in [1.807, 2.05) is 20.8 Å². The highest BCUT2D eigenvalue weighted by Gasteiger charge is 2.24. The molecule has 19 heavy (non-hydrogen) atoms. The van der Waals surface area contributed by atoms with Crippen molar-refractivity contribution in [1.82, 2.24) is 4.31 Å². The lowest BCUT2D eigenvalue weighted by atomic mass is 10.2. The van der Waals surface area contributed by atoms with Crippen molar-refractivity contribution in [3.05, 3.63) is 28.8 Å². The van der Waals surface area contributed by atoms with Gasteiger partial charge in [0, 0.05) is 24.0 Å². The molecule has 0 bridgehead atoms. The number of benzene rings is 1. The molecule has 6 heteroatoms. The number of nitrogens with zero attached hydrogens (tertiary/aromatic N) is 1. The van der Waals surface area contributed by atoms with Crippen LogP contribution >= 0.6 is 23.2 Å². The quantitative estimate of drug-likeness (QED) is 0.748. The molecule has 3 nitrogen and oxygen atoms in total. The van der Waals surface area contributed by atoms with Crippen molar-refractivity contribution in [2.45, 2.75) is 31.5 Å². The molecular formula is C13H19Cl2NO2S. The molecule has 0 saturated heterocycles. The average molecular weight is 324 g/mol. The molecule has 0 unspecified atom stereocenters. The van der Waals surface area contributed by atoms with Crippen LogP contribution in [-0.4, -0.2) is 25.8 Å². The fourth-order valence-corrected chi connectivity index (χ4v) is 4.00. The summed E-state index contributed by atoms with van der Waals surface area (Å²) in [7, 11) is -3.49. The van der Waals surface area contributed by atoms with Gasteiger partial charge in [0.1, 0.15) is 0 Å². The van der Waals surface area contributed by atoms with Gasteiger partial charge in [0.05, 0.1) is 4.90 Å². The monoisotopic (exact) mass is 323 g/mol. The van der Waals surface area contributed by atoms with Crippen LogP contribution in [0.15, 0.2) is 23.1 Å². The predicted molar refractivity (Wildman–Crippen MR) is 80.3 cm³/mol. The van der Waals surface area contributed by atoms with Crippen molar-refractivity contribution in [2.24, 2.45) is 5.92 Å². The second-order valence-corrected chi connectivity index (χ2v) is 7.35. The molecule has 0 aliphatic heterocycles. The summed E-state index contributed by atoms with van der Waals surface area (Å²) in [5.74, 6) is 0.537. The largest absolute Gasteiger partial charge is 0.243 e. The Kier molecular flexibility index (Phi) is 6.12. The van der Waals surface area contributed by atoms with Crippen LogP contribution in [0.3, 0.4) is 0 Å². The van der Waals surface area contributed by atoms with Crippen molar-refractivity contribution in [3.8, 4) is 0 Å². The molecule has 108 valence electrons. The van der Waals surface area contributed by atoms with Crippen LogP contribution in [-0.2, 0) is 15.9 Å². The highest BCUT2D eigenvalue weighted by molar-refractivity contribution is 7.89. The van der Waals surface area contributed by atoms with E-state index in [1.54, 1.807) is 12.1 Å². The van der Waals surface area contributed by atoms with Crippen molar-refractivity contribution < 1.29 is 8.42 Å². The first-order valence-corrected chi connectivity index (χ1v) is 8.52. The number of hydrogen-bond acceptors (Lipinski definition) is 2. The van der Waals surface area contributed by atoms with Crippen LogP contribution in [0, 0.1) is 5.92 Å². The zero-order chi connectivity index (χ0) is 14.6. The first-order chi connectivity index (χ1) is 8.82. The van der Waals surface area contributed by atoms with Gasteiger partial charge in [0.2, 0.25) is 10.0 Å². The first kappa shape index (κ1) is 16.8. The van der Waals surface area contributed by atoms with E-state index in [1.165, 1.54) is 10.4 Å². The van der Waals surface area contributed by atoms with E-state index in [4.69, 9.17) is 23.2 Å². The molecule has 0 N–H and O–H groups in total. The molecule has 0 aliphatic carbocycles. The summed E-state index contributed by atoms with van der Waals surface area (Å²) in [5.41, 5.74) is 0.731. The van der Waals surface area contributed by atoms with Gasteiger partial charge in [-0.25, -0.2) is 8.42 Å². The zero-order valence-electron chi connectivity index (χ0n) is 11.4. The molecule has 1 rings (SSSR count). The highest BCUT2D eigenvalue weighted by atomic mass is 35.5. The summed E-state index contributed by atoms with van der Waals surface area (Å²) in [6.07, 6.45) is 0. The Labute approximate surface area is 125 Å². The number of alkyl halides is 1. The summed E-state index contributed by atoms with van der Waals surface area (Å²) < 4.78 is 26.4. The third kappa shape index (κ3) is 4.09. The number of sulfonamides is 1. The zero-order valence-corrected chi connectivity index (χ0v) is 13.7. The molecule has 1 aromatic rings. The lowest BCUT2D eigenvalue weighted by Crippen LogP contribution is -2.34. The topological polar surface area (TPSA) is 37.4 Å². The van der Waals surface area contributed by atoms with Crippen molar-refractivity contribution in [3.63, 3.8) is 0 Å². The molecule has 0 spiro atoms. The third-order valence-electron chi connectivity index (χ3n) is 2.73. The first-order valence-electron chi connectivity index (χ1n) is 6.17. The van der Waals surface area contributed by atoms with E-state index >= 15 is 0 Å². The van der Waals surface area contributed by atoms with Crippen LogP contribution in [0.5, 0.6) is 0 Å². The van der Waals surface area contributed by atoms with Crippen LogP contribution in [0.2, 0.25) is 5.02 Å². The summed E-state index contributed by atoms with van der Waals surface area (Å²) in [6.45, 7) is 6.74. The maximum absolute atomic E-state index is 12.5. The van der Waals surface area contributed by atoms with Gasteiger partial charge in [-0.15, -0.1) is 11.6 Å². The molecule has 0 fully saturated rings. The summed E-state index contributed by atoms with van der Waals surface area (Å²) in [6, 6.07) is 4.69. The minimum Gasteiger partial charge on any atom is -0.207 e. The van der Waals surface area contributed by atoms with Gasteiger partial charge < -0.3 is 0 Å². The van der Waals surface area contributed by atoms with Crippen LogP contribution in [0.4, 0.5) is 0 Å². The molecule has 0 amide bonds. The summed E-state index contributed by atoms with van der Waals surface area (Å²) in [4.78, 5) is 0.217. The van der Waals surface area contributed by atoms with Gasteiger partial charge in [0.15, 0.2) is 0 Å². The molecule has 0 radical (unpaired) electrons. The number of rotatable bonds is 6.